The van der Waals surface area contributed by atoms with Crippen LogP contribution in [0.2, 0.25) is 0 Å². The van der Waals surface area contributed by atoms with Gasteiger partial charge in [0.15, 0.2) is 5.11 Å². The number of thiocarbonyl (C=S) groups is 1. The highest BCUT2D eigenvalue weighted by molar-refractivity contribution is 7.80. The van der Waals surface area contributed by atoms with Crippen molar-refractivity contribution in [2.24, 2.45) is 0 Å². The molecule has 0 aliphatic heterocycles. The number of rotatable bonds is 5. The Morgan fingerprint density at radius 3 is 2.56 bits per heavy atom. The van der Waals surface area contributed by atoms with Crippen LogP contribution in [0.4, 0.5) is 11.4 Å². The van der Waals surface area contributed by atoms with E-state index in [1.165, 1.54) is 38.5 Å². The highest BCUT2D eigenvalue weighted by atomic mass is 32.1. The molecule has 0 aliphatic carbocycles. The number of methoxy groups -OCH3 is 2. The van der Waals surface area contributed by atoms with Gasteiger partial charge in [0.25, 0.3) is 11.6 Å². The van der Waals surface area contributed by atoms with Crippen LogP contribution in [0.25, 0.3) is 0 Å². The fourth-order valence-corrected chi connectivity index (χ4v) is 2.20. The smallest absolute Gasteiger partial charge is 0.270 e. The lowest BCUT2D eigenvalue weighted by Gasteiger charge is -2.14. The number of benzene rings is 2. The number of nitro benzene ring substituents is 1. The van der Waals surface area contributed by atoms with E-state index in [4.69, 9.17) is 21.7 Å². The van der Waals surface area contributed by atoms with Crippen molar-refractivity contribution in [1.82, 2.24) is 5.32 Å². The molecule has 0 fully saturated rings. The maximum atomic E-state index is 12.2. The summed E-state index contributed by atoms with van der Waals surface area (Å²) in [5.41, 5.74) is 0.447. The molecular formula is C16H15N3O5S. The highest BCUT2D eigenvalue weighted by Gasteiger charge is 2.14. The van der Waals surface area contributed by atoms with Gasteiger partial charge in [-0.25, -0.2) is 0 Å². The van der Waals surface area contributed by atoms with Crippen molar-refractivity contribution in [2.45, 2.75) is 0 Å². The van der Waals surface area contributed by atoms with E-state index in [2.05, 4.69) is 10.6 Å². The molecule has 2 aromatic rings. The number of amides is 1. The third kappa shape index (κ3) is 4.64. The molecule has 9 heteroatoms. The van der Waals surface area contributed by atoms with E-state index >= 15 is 0 Å². The fraction of sp³-hybridized carbons (Fsp3) is 0.125. The number of nitrogens with one attached hydrogen (secondary N) is 2. The molecule has 0 aromatic heterocycles. The van der Waals surface area contributed by atoms with E-state index in [0.717, 1.165) is 0 Å². The lowest BCUT2D eigenvalue weighted by atomic mass is 10.2. The summed E-state index contributed by atoms with van der Waals surface area (Å²) in [6, 6.07) is 10.4. The first-order chi connectivity index (χ1) is 11.9. The molecule has 0 bridgehead atoms. The molecule has 0 unspecified atom stereocenters. The number of carbonyl (C=O) groups excluding carboxylic acids is 1. The minimum Gasteiger partial charge on any atom is -0.497 e. The number of non-ortho nitro benzene ring substituents is 1. The van der Waals surface area contributed by atoms with Crippen LogP contribution >= 0.6 is 12.2 Å². The summed E-state index contributed by atoms with van der Waals surface area (Å²) >= 11 is 5.11. The van der Waals surface area contributed by atoms with E-state index in [1.807, 2.05) is 0 Å². The highest BCUT2D eigenvalue weighted by Crippen LogP contribution is 2.28. The summed E-state index contributed by atoms with van der Waals surface area (Å²) in [7, 11) is 3.02. The number of carbonyl (C=O) groups is 1. The Bertz CT molecular complexity index is 825. The van der Waals surface area contributed by atoms with Gasteiger partial charge < -0.3 is 14.8 Å². The molecule has 0 saturated carbocycles. The summed E-state index contributed by atoms with van der Waals surface area (Å²) in [4.78, 5) is 22.4. The van der Waals surface area contributed by atoms with Crippen LogP contribution < -0.4 is 20.1 Å². The number of ether oxygens (including phenoxy) is 2. The summed E-state index contributed by atoms with van der Waals surface area (Å²) in [6.07, 6.45) is 0. The molecule has 2 aromatic carbocycles. The molecule has 0 radical (unpaired) electrons. The second-order valence-corrected chi connectivity index (χ2v) is 5.19. The average Bonchev–Trinajstić information content (AvgIpc) is 2.61. The third-order valence-electron chi connectivity index (χ3n) is 3.20. The molecule has 0 atom stereocenters. The molecule has 2 rings (SSSR count). The van der Waals surface area contributed by atoms with Crippen LogP contribution in [0.3, 0.4) is 0 Å². The van der Waals surface area contributed by atoms with Gasteiger partial charge in [-0.15, -0.1) is 0 Å². The summed E-state index contributed by atoms with van der Waals surface area (Å²) < 4.78 is 10.3. The monoisotopic (exact) mass is 361 g/mol. The minimum atomic E-state index is -0.575. The van der Waals surface area contributed by atoms with Crippen molar-refractivity contribution < 1.29 is 19.2 Å². The molecule has 25 heavy (non-hydrogen) atoms. The zero-order valence-corrected chi connectivity index (χ0v) is 14.3. The zero-order valence-electron chi connectivity index (χ0n) is 13.4. The lowest BCUT2D eigenvalue weighted by molar-refractivity contribution is -0.384. The van der Waals surface area contributed by atoms with Crippen LogP contribution in [0, 0.1) is 10.1 Å². The molecular weight excluding hydrogens is 346 g/mol. The lowest BCUT2D eigenvalue weighted by Crippen LogP contribution is -2.34. The maximum absolute atomic E-state index is 12.2. The van der Waals surface area contributed by atoms with Crippen molar-refractivity contribution >= 4 is 34.6 Å². The first kappa shape index (κ1) is 18.1. The van der Waals surface area contributed by atoms with E-state index < -0.39 is 10.8 Å². The maximum Gasteiger partial charge on any atom is 0.270 e. The molecule has 0 aliphatic rings. The van der Waals surface area contributed by atoms with Gasteiger partial charge in [-0.2, -0.15) is 0 Å². The Morgan fingerprint density at radius 1 is 1.16 bits per heavy atom. The van der Waals surface area contributed by atoms with E-state index in [1.54, 1.807) is 18.2 Å². The molecule has 8 nitrogen and oxygen atoms in total. The van der Waals surface area contributed by atoms with Crippen LogP contribution in [0.1, 0.15) is 10.4 Å². The first-order valence-electron chi connectivity index (χ1n) is 7.03. The summed E-state index contributed by atoms with van der Waals surface area (Å²) in [5.74, 6) is 0.520. The van der Waals surface area contributed by atoms with Crippen molar-refractivity contribution in [3.63, 3.8) is 0 Å². The standard InChI is InChI=1S/C16H15N3O5S/c1-23-12-6-7-14(24-2)13(9-12)17-16(25)18-15(20)10-4-3-5-11(8-10)19(21)22/h3-9H,1-2H3,(H2,17,18,20,25). The Kier molecular flexibility index (Phi) is 5.85. The second-order valence-electron chi connectivity index (χ2n) is 4.78. The van der Waals surface area contributed by atoms with E-state index in [-0.39, 0.29) is 16.4 Å². The van der Waals surface area contributed by atoms with Crippen LogP contribution in [0.15, 0.2) is 42.5 Å². The van der Waals surface area contributed by atoms with Crippen molar-refractivity contribution in [2.75, 3.05) is 19.5 Å². The summed E-state index contributed by atoms with van der Waals surface area (Å²) in [6.45, 7) is 0. The SMILES string of the molecule is COc1ccc(OC)c(NC(=S)NC(=O)c2cccc([N+](=O)[O-])c2)c1. The number of hydrogen-bond donors (Lipinski definition) is 2. The topological polar surface area (TPSA) is 103 Å². The summed E-state index contributed by atoms with van der Waals surface area (Å²) in [5, 5.41) is 16.1. The van der Waals surface area contributed by atoms with Crippen LogP contribution in [-0.2, 0) is 0 Å². The Balaban J connectivity index is 2.11. The Hall–Kier alpha value is -3.20. The quantitative estimate of drug-likeness (QED) is 0.479. The van der Waals surface area contributed by atoms with Crippen LogP contribution in [0.5, 0.6) is 11.5 Å². The Morgan fingerprint density at radius 2 is 1.92 bits per heavy atom. The van der Waals surface area contributed by atoms with Gasteiger partial charge in [0, 0.05) is 23.8 Å². The van der Waals surface area contributed by atoms with Crippen molar-refractivity contribution in [3.05, 3.63) is 58.1 Å². The van der Waals surface area contributed by atoms with Gasteiger partial charge in [0.2, 0.25) is 0 Å². The van der Waals surface area contributed by atoms with Crippen molar-refractivity contribution in [1.29, 1.82) is 0 Å². The van der Waals surface area contributed by atoms with Crippen molar-refractivity contribution in [3.8, 4) is 11.5 Å². The molecule has 0 spiro atoms. The van der Waals surface area contributed by atoms with Gasteiger partial charge >= 0.3 is 0 Å². The largest absolute Gasteiger partial charge is 0.497 e. The predicted molar refractivity (Wildman–Crippen MR) is 96.3 cm³/mol. The first-order valence-corrected chi connectivity index (χ1v) is 7.44. The number of anilines is 1. The fourth-order valence-electron chi connectivity index (χ4n) is 2.00. The number of nitrogens with zero attached hydrogens (tertiary/aromatic N) is 1. The van der Waals surface area contributed by atoms with Gasteiger partial charge in [-0.3, -0.25) is 20.2 Å². The van der Waals surface area contributed by atoms with Gasteiger partial charge in [0.1, 0.15) is 11.5 Å². The molecule has 2 N–H and O–H groups in total. The molecule has 0 heterocycles. The van der Waals surface area contributed by atoms with Gasteiger partial charge in [-0.05, 0) is 30.4 Å². The number of hydrogen-bond acceptors (Lipinski definition) is 6. The van der Waals surface area contributed by atoms with Gasteiger partial charge in [-0.1, -0.05) is 6.07 Å². The van der Waals surface area contributed by atoms with E-state index in [9.17, 15) is 14.9 Å². The third-order valence-corrected chi connectivity index (χ3v) is 3.41. The normalized spacial score (nSPS) is 9.84. The Labute approximate surface area is 148 Å². The average molecular weight is 361 g/mol. The van der Waals surface area contributed by atoms with Gasteiger partial charge in [0.05, 0.1) is 24.8 Å². The minimum absolute atomic E-state index is 0.0167. The zero-order chi connectivity index (χ0) is 18.4. The van der Waals surface area contributed by atoms with Crippen LogP contribution in [-0.4, -0.2) is 30.2 Å². The number of nitro groups is 1. The second kappa shape index (κ2) is 8.06. The van der Waals surface area contributed by atoms with E-state index in [0.29, 0.717) is 17.2 Å². The predicted octanol–water partition coefficient (Wildman–Crippen LogP) is 2.74. The molecule has 130 valence electrons. The molecule has 1 amide bonds. The molecule has 0 saturated heterocycles.